The summed E-state index contributed by atoms with van der Waals surface area (Å²) in [4.78, 5) is 60.8. The van der Waals surface area contributed by atoms with E-state index in [0.29, 0.717) is 81.7 Å². The van der Waals surface area contributed by atoms with Crippen LogP contribution in [0.4, 0.5) is 11.4 Å². The summed E-state index contributed by atoms with van der Waals surface area (Å²) >= 11 is 5.74. The highest BCUT2D eigenvalue weighted by Gasteiger charge is 2.53. The Morgan fingerprint density at radius 3 is 1.83 bits per heavy atom. The van der Waals surface area contributed by atoms with Crippen molar-refractivity contribution in [1.29, 1.82) is 0 Å². The summed E-state index contributed by atoms with van der Waals surface area (Å²) in [6.45, 7) is 9.50. The normalized spacial score (nSPS) is 17.4. The van der Waals surface area contributed by atoms with Crippen LogP contribution in [-0.4, -0.2) is 135 Å². The zero-order valence-corrected chi connectivity index (χ0v) is 37.0. The van der Waals surface area contributed by atoms with Crippen molar-refractivity contribution in [3.8, 4) is 0 Å². The van der Waals surface area contributed by atoms with Crippen LogP contribution in [0.15, 0.2) is 54.6 Å². The van der Waals surface area contributed by atoms with Gasteiger partial charge in [0.15, 0.2) is 5.60 Å². The van der Waals surface area contributed by atoms with Gasteiger partial charge in [-0.1, -0.05) is 45.2 Å². The molecule has 2 fully saturated rings. The van der Waals surface area contributed by atoms with Gasteiger partial charge in [0.1, 0.15) is 0 Å². The van der Waals surface area contributed by atoms with E-state index in [1.54, 1.807) is 50.1 Å². The van der Waals surface area contributed by atoms with E-state index in [0.717, 1.165) is 58.6 Å². The number of hydrogen-bond donors (Lipinski definition) is 1. The Bertz CT molecular complexity index is 1990. The van der Waals surface area contributed by atoms with E-state index in [2.05, 4.69) is 64.6 Å². The molecule has 7 rings (SSSR count). The van der Waals surface area contributed by atoms with Gasteiger partial charge in [0.2, 0.25) is 11.8 Å². The van der Waals surface area contributed by atoms with E-state index in [-0.39, 0.29) is 29.6 Å². The molecule has 3 aromatic rings. The van der Waals surface area contributed by atoms with Crippen molar-refractivity contribution >= 4 is 65.1 Å². The van der Waals surface area contributed by atoms with Crippen LogP contribution < -0.4 is 25.5 Å². The van der Waals surface area contributed by atoms with Crippen LogP contribution >= 0.6 is 11.6 Å². The highest BCUT2D eigenvalue weighted by molar-refractivity contribution is 7.01. The van der Waals surface area contributed by atoms with Crippen LogP contribution in [-0.2, 0) is 29.4 Å². The zero-order valence-electron chi connectivity index (χ0n) is 35.3. The van der Waals surface area contributed by atoms with Gasteiger partial charge < -0.3 is 39.1 Å². The maximum atomic E-state index is 13.9. The van der Waals surface area contributed by atoms with Gasteiger partial charge in [-0.25, -0.2) is 4.79 Å². The van der Waals surface area contributed by atoms with E-state index in [4.69, 9.17) is 25.8 Å². The molecule has 2 saturated heterocycles. The van der Waals surface area contributed by atoms with Crippen LogP contribution in [0.3, 0.4) is 0 Å². The Morgan fingerprint density at radius 2 is 1.29 bits per heavy atom. The smallest absolute Gasteiger partial charge is 0.340 e. The molecule has 4 aliphatic rings. The molecule has 317 valence electrons. The molecule has 14 heteroatoms. The van der Waals surface area contributed by atoms with Gasteiger partial charge in [-0.2, -0.15) is 23.5 Å². The first-order valence-corrected chi connectivity index (χ1v) is 24.4. The molecule has 0 saturated carbocycles. The predicted molar refractivity (Wildman–Crippen MR) is 233 cm³/mol. The second kappa shape index (κ2) is 17.7. The fraction of sp³-hybridized carbons (Fsp3) is 0.511. The first-order valence-electron chi connectivity index (χ1n) is 20.9. The molecule has 0 unspecified atom stereocenters. The van der Waals surface area contributed by atoms with E-state index < -0.39 is 19.6 Å². The van der Waals surface area contributed by atoms with Gasteiger partial charge in [0.25, 0.3) is 5.91 Å². The monoisotopic (exact) mass is 843 g/mol. The first kappa shape index (κ1) is 42.7. The van der Waals surface area contributed by atoms with E-state index in [1.807, 2.05) is 6.07 Å². The Labute approximate surface area is 354 Å². The average Bonchev–Trinajstić information content (AvgIpc) is 3.47. The molecule has 3 amide bonds. The second-order valence-corrected chi connectivity index (χ2v) is 21.9. The minimum absolute atomic E-state index is 0.0556. The number of amides is 3. The number of nitrogens with zero attached hydrogens (tertiary/aromatic N) is 4. The van der Waals surface area contributed by atoms with Crippen molar-refractivity contribution in [2.45, 2.75) is 44.4 Å². The van der Waals surface area contributed by atoms with Crippen LogP contribution in [0.5, 0.6) is 0 Å². The molecule has 0 radical (unpaired) electrons. The number of carbonyl (C=O) groups excluding carboxylic acids is 4. The summed E-state index contributed by atoms with van der Waals surface area (Å²) in [5.41, 5.74) is 4.06. The van der Waals surface area contributed by atoms with Crippen molar-refractivity contribution in [2.24, 2.45) is 11.8 Å². The second-order valence-electron chi connectivity index (χ2n) is 17.2. The Balaban J connectivity index is 1.15. The van der Waals surface area contributed by atoms with Crippen LogP contribution in [0.2, 0.25) is 13.1 Å². The van der Waals surface area contributed by atoms with Crippen LogP contribution in [0.25, 0.3) is 0 Å². The Kier molecular flexibility index (Phi) is 12.8. The molecule has 59 heavy (non-hydrogen) atoms. The molecule has 12 nitrogen and oxygen atoms in total. The molecule has 0 aliphatic carbocycles. The SMILES string of the molecule is CN(C)C(=O)C1CN(c2ccc3c(c2)[Si-](C)(C)c2cc(N4CC(C(=O)N(C)C)C4)ccc2C32OC(=O)c3ccc(C(=O)NCCOCCOCCCCCCCl)cc32)C1. The topological polar surface area (TPSA) is 121 Å². The number of rotatable bonds is 17. The highest BCUT2D eigenvalue weighted by Crippen LogP contribution is 2.50. The number of ether oxygens (including phenoxy) is 3. The molecule has 0 bridgehead atoms. The minimum Gasteiger partial charge on any atom is -0.441 e. The molecule has 0 atom stereocenters. The molecule has 3 aromatic carbocycles. The summed E-state index contributed by atoms with van der Waals surface area (Å²) in [6.07, 6.45) is 4.25. The van der Waals surface area contributed by atoms with Crippen LogP contribution in [0.1, 0.15) is 63.1 Å². The lowest BCUT2D eigenvalue weighted by Gasteiger charge is -2.52. The summed E-state index contributed by atoms with van der Waals surface area (Å²) in [5.74, 6) is 0.132. The van der Waals surface area contributed by atoms with Crippen molar-refractivity contribution in [3.63, 3.8) is 0 Å². The number of anilines is 2. The van der Waals surface area contributed by atoms with Gasteiger partial charge in [-0.05, 0) is 54.3 Å². The lowest BCUT2D eigenvalue weighted by Crippen LogP contribution is -2.64. The van der Waals surface area contributed by atoms with E-state index in [9.17, 15) is 19.2 Å². The van der Waals surface area contributed by atoms with E-state index >= 15 is 0 Å². The molecule has 1 N–H and O–H groups in total. The summed E-state index contributed by atoms with van der Waals surface area (Å²) in [6, 6.07) is 18.0. The van der Waals surface area contributed by atoms with Gasteiger partial charge in [-0.15, -0.1) is 11.6 Å². The quantitative estimate of drug-likeness (QED) is 0.0935. The number of halogens is 1. The third-order valence-corrected chi connectivity index (χ3v) is 16.2. The Morgan fingerprint density at radius 1 is 0.746 bits per heavy atom. The standard InChI is InChI=1S/C45H58ClN5O7Si/c1-48(2)42(53)31-26-50(27-31)33-12-15-36-39(24-33)59(5,6)40-25-34(51-28-32(29-51)43(54)49(3)4)13-16-37(40)45(36)38-23-30(11-14-35(38)44(55)58-45)41(52)47-18-20-57-22-21-56-19-10-8-7-9-17-46/h11-16,23-25,31-32H,7-10,17-22,26-29H2,1-6H3,(H,47,52)/q-1. The molecular weight excluding hydrogens is 786 g/mol. The van der Waals surface area contributed by atoms with Crippen molar-refractivity contribution in [3.05, 3.63) is 82.4 Å². The lowest BCUT2D eigenvalue weighted by molar-refractivity contribution is -0.134. The number of unbranched alkanes of at least 4 members (excludes halogenated alkanes) is 3. The van der Waals surface area contributed by atoms with Gasteiger partial charge >= 0.3 is 5.97 Å². The maximum Gasteiger partial charge on any atom is 0.340 e. The lowest BCUT2D eigenvalue weighted by atomic mass is 9.78. The minimum atomic E-state index is -2.49. The fourth-order valence-electron chi connectivity index (χ4n) is 8.93. The van der Waals surface area contributed by atoms with Gasteiger partial charge in [0, 0.05) is 95.9 Å². The van der Waals surface area contributed by atoms with Crippen LogP contribution in [0, 0.1) is 11.8 Å². The van der Waals surface area contributed by atoms with Crippen molar-refractivity contribution < 1.29 is 33.4 Å². The third-order valence-electron chi connectivity index (χ3n) is 12.4. The van der Waals surface area contributed by atoms with E-state index in [1.165, 1.54) is 0 Å². The first-order chi connectivity index (χ1) is 28.3. The molecule has 4 aliphatic heterocycles. The number of fused-ring (bicyclic) bond motifs is 6. The summed E-state index contributed by atoms with van der Waals surface area (Å²) in [7, 11) is 4.67. The largest absolute Gasteiger partial charge is 0.441 e. The number of esters is 1. The van der Waals surface area contributed by atoms with Crippen molar-refractivity contribution in [2.75, 3.05) is 103 Å². The number of carbonyl (C=O) groups is 4. The number of benzene rings is 3. The number of nitrogens with one attached hydrogen (secondary N) is 1. The fourth-order valence-corrected chi connectivity index (χ4v) is 12.3. The number of hydrogen-bond acceptors (Lipinski definition) is 9. The molecule has 1 spiro atoms. The van der Waals surface area contributed by atoms with Gasteiger partial charge in [0.05, 0.1) is 37.2 Å². The maximum absolute atomic E-state index is 13.9. The highest BCUT2D eigenvalue weighted by atomic mass is 35.5. The number of alkyl halides is 1. The molecule has 0 aromatic heterocycles. The predicted octanol–water partition coefficient (Wildman–Crippen LogP) is 3.90. The zero-order chi connectivity index (χ0) is 42.1. The average molecular weight is 845 g/mol. The summed E-state index contributed by atoms with van der Waals surface area (Å²) < 4.78 is 18.0. The molecule has 4 heterocycles. The molecular formula is C45H58ClN5O7Si-. The summed E-state index contributed by atoms with van der Waals surface area (Å²) in [5, 5.41) is 5.24. The third kappa shape index (κ3) is 8.23. The van der Waals surface area contributed by atoms with Gasteiger partial charge in [-0.3, -0.25) is 14.4 Å². The Hall–Kier alpha value is -4.43. The van der Waals surface area contributed by atoms with Crippen molar-refractivity contribution in [1.82, 2.24) is 15.1 Å².